The Bertz CT molecular complexity index is 626. The SMILES string of the molecule is COCO[C@@H](C)CC(=O)O[C@@H](C)[C@@H](/C=C/C(=O)O)OCc1ccc(OC)cc1. The summed E-state index contributed by atoms with van der Waals surface area (Å²) >= 11 is 0. The quantitative estimate of drug-likeness (QED) is 0.308. The van der Waals surface area contributed by atoms with Crippen LogP contribution in [0.3, 0.4) is 0 Å². The van der Waals surface area contributed by atoms with Crippen LogP contribution in [0, 0.1) is 0 Å². The van der Waals surface area contributed by atoms with E-state index in [1.165, 1.54) is 13.2 Å². The Morgan fingerprint density at radius 2 is 1.79 bits per heavy atom. The largest absolute Gasteiger partial charge is 0.497 e. The van der Waals surface area contributed by atoms with Crippen molar-refractivity contribution in [2.24, 2.45) is 0 Å². The number of rotatable bonds is 13. The first-order valence-corrected chi connectivity index (χ1v) is 8.81. The van der Waals surface area contributed by atoms with Gasteiger partial charge in [-0.2, -0.15) is 0 Å². The highest BCUT2D eigenvalue weighted by molar-refractivity contribution is 5.79. The lowest BCUT2D eigenvalue weighted by Crippen LogP contribution is -2.31. The predicted octanol–water partition coefficient (Wildman–Crippen LogP) is 2.55. The highest BCUT2D eigenvalue weighted by atomic mass is 16.7. The molecule has 0 amide bonds. The van der Waals surface area contributed by atoms with E-state index >= 15 is 0 Å². The van der Waals surface area contributed by atoms with Gasteiger partial charge in [-0.05, 0) is 37.6 Å². The molecule has 0 bridgehead atoms. The molecule has 8 heteroatoms. The second kappa shape index (κ2) is 12.9. The molecule has 0 saturated heterocycles. The van der Waals surface area contributed by atoms with Crippen LogP contribution in [0.1, 0.15) is 25.8 Å². The zero-order valence-electron chi connectivity index (χ0n) is 16.6. The molecule has 8 nitrogen and oxygen atoms in total. The molecule has 3 atom stereocenters. The molecule has 1 rings (SSSR count). The van der Waals surface area contributed by atoms with Crippen LogP contribution < -0.4 is 4.74 Å². The second-order valence-electron chi connectivity index (χ2n) is 6.10. The van der Waals surface area contributed by atoms with Gasteiger partial charge in [-0.15, -0.1) is 0 Å². The van der Waals surface area contributed by atoms with E-state index in [4.69, 9.17) is 28.8 Å². The zero-order valence-corrected chi connectivity index (χ0v) is 16.6. The Balaban J connectivity index is 2.65. The number of benzene rings is 1. The topological polar surface area (TPSA) is 101 Å². The van der Waals surface area contributed by atoms with Gasteiger partial charge in [0.25, 0.3) is 0 Å². The molecular weight excluding hydrogens is 368 g/mol. The van der Waals surface area contributed by atoms with Crippen molar-refractivity contribution in [1.29, 1.82) is 0 Å². The molecule has 0 aliphatic rings. The van der Waals surface area contributed by atoms with Gasteiger partial charge >= 0.3 is 11.9 Å². The molecule has 0 aliphatic heterocycles. The van der Waals surface area contributed by atoms with Crippen LogP contribution in [0.2, 0.25) is 0 Å². The van der Waals surface area contributed by atoms with Crippen molar-refractivity contribution in [2.45, 2.75) is 45.2 Å². The molecule has 0 fully saturated rings. The van der Waals surface area contributed by atoms with Gasteiger partial charge < -0.3 is 28.8 Å². The summed E-state index contributed by atoms with van der Waals surface area (Å²) in [5.41, 5.74) is 0.870. The lowest BCUT2D eigenvalue weighted by Gasteiger charge is -2.22. The second-order valence-corrected chi connectivity index (χ2v) is 6.10. The van der Waals surface area contributed by atoms with Gasteiger partial charge in [-0.3, -0.25) is 4.79 Å². The Kier molecular flexibility index (Phi) is 10.9. The Morgan fingerprint density at radius 1 is 1.11 bits per heavy atom. The Morgan fingerprint density at radius 3 is 2.36 bits per heavy atom. The molecule has 1 N–H and O–H groups in total. The average molecular weight is 396 g/mol. The minimum atomic E-state index is -1.11. The molecule has 0 aromatic heterocycles. The van der Waals surface area contributed by atoms with Gasteiger partial charge in [0.05, 0.1) is 26.2 Å². The molecule has 0 radical (unpaired) electrons. The molecule has 28 heavy (non-hydrogen) atoms. The maximum atomic E-state index is 12.1. The van der Waals surface area contributed by atoms with E-state index in [0.29, 0.717) is 0 Å². The van der Waals surface area contributed by atoms with E-state index in [1.807, 2.05) is 12.1 Å². The first kappa shape index (κ1) is 23.6. The number of methoxy groups -OCH3 is 2. The number of hydrogen-bond donors (Lipinski definition) is 1. The Hall–Kier alpha value is -2.42. The molecule has 0 saturated carbocycles. The van der Waals surface area contributed by atoms with E-state index in [2.05, 4.69) is 0 Å². The lowest BCUT2D eigenvalue weighted by molar-refractivity contribution is -0.159. The average Bonchev–Trinajstić information content (AvgIpc) is 2.66. The third kappa shape index (κ3) is 9.50. The number of esters is 1. The van der Waals surface area contributed by atoms with E-state index in [0.717, 1.165) is 17.4 Å². The smallest absolute Gasteiger partial charge is 0.328 e. The summed E-state index contributed by atoms with van der Waals surface area (Å²) in [7, 11) is 3.07. The summed E-state index contributed by atoms with van der Waals surface area (Å²) in [4.78, 5) is 22.9. The van der Waals surface area contributed by atoms with Crippen molar-refractivity contribution in [3.63, 3.8) is 0 Å². The van der Waals surface area contributed by atoms with Crippen LogP contribution in [-0.2, 0) is 35.1 Å². The maximum Gasteiger partial charge on any atom is 0.328 e. The molecule has 0 aliphatic carbocycles. The van der Waals surface area contributed by atoms with Gasteiger partial charge in [0.1, 0.15) is 24.8 Å². The van der Waals surface area contributed by atoms with E-state index in [1.54, 1.807) is 33.1 Å². The summed E-state index contributed by atoms with van der Waals surface area (Å²) in [6, 6.07) is 7.27. The van der Waals surface area contributed by atoms with Crippen molar-refractivity contribution in [3.8, 4) is 5.75 Å². The zero-order chi connectivity index (χ0) is 20.9. The van der Waals surface area contributed by atoms with Crippen molar-refractivity contribution >= 4 is 11.9 Å². The highest BCUT2D eigenvalue weighted by Gasteiger charge is 2.21. The van der Waals surface area contributed by atoms with Gasteiger partial charge in [0.15, 0.2) is 0 Å². The first-order chi connectivity index (χ1) is 13.3. The number of ether oxygens (including phenoxy) is 5. The summed E-state index contributed by atoms with van der Waals surface area (Å²) < 4.78 is 26.3. The fraction of sp³-hybridized carbons (Fsp3) is 0.500. The van der Waals surface area contributed by atoms with Gasteiger partial charge in [0.2, 0.25) is 0 Å². The first-order valence-electron chi connectivity index (χ1n) is 8.81. The van der Waals surface area contributed by atoms with Crippen molar-refractivity contribution in [3.05, 3.63) is 42.0 Å². The number of carboxylic acid groups (broad SMARTS) is 1. The lowest BCUT2D eigenvalue weighted by atomic mass is 10.2. The summed E-state index contributed by atoms with van der Waals surface area (Å²) in [6.45, 7) is 3.67. The number of carbonyl (C=O) groups excluding carboxylic acids is 1. The molecule has 156 valence electrons. The molecule has 1 aromatic rings. The maximum absolute atomic E-state index is 12.1. The van der Waals surface area contributed by atoms with Crippen LogP contribution in [-0.4, -0.2) is 56.4 Å². The van der Waals surface area contributed by atoms with E-state index < -0.39 is 24.1 Å². The monoisotopic (exact) mass is 396 g/mol. The molecular formula is C20H28O8. The fourth-order valence-electron chi connectivity index (χ4n) is 2.24. The molecule has 1 aromatic carbocycles. The highest BCUT2D eigenvalue weighted by Crippen LogP contribution is 2.15. The summed E-state index contributed by atoms with van der Waals surface area (Å²) in [6.07, 6.45) is 0.588. The summed E-state index contributed by atoms with van der Waals surface area (Å²) in [5.74, 6) is -0.866. The van der Waals surface area contributed by atoms with Crippen molar-refractivity contribution in [2.75, 3.05) is 21.0 Å². The Labute approximate surface area is 165 Å². The minimum Gasteiger partial charge on any atom is -0.497 e. The fourth-order valence-corrected chi connectivity index (χ4v) is 2.24. The van der Waals surface area contributed by atoms with Crippen molar-refractivity contribution in [1.82, 2.24) is 0 Å². The van der Waals surface area contributed by atoms with Crippen molar-refractivity contribution < 1.29 is 38.4 Å². The molecule has 0 unspecified atom stereocenters. The van der Waals surface area contributed by atoms with Gasteiger partial charge in [-0.25, -0.2) is 4.79 Å². The third-order valence-electron chi connectivity index (χ3n) is 3.73. The van der Waals surface area contributed by atoms with Crippen LogP contribution >= 0.6 is 0 Å². The molecule has 0 spiro atoms. The van der Waals surface area contributed by atoms with E-state index in [9.17, 15) is 9.59 Å². The molecule has 0 heterocycles. The number of carboxylic acids is 1. The standard InChI is InChI=1S/C20H28O8/c1-14(27-13-24-3)11-20(23)28-15(2)18(9-10-19(21)22)26-12-16-5-7-17(25-4)8-6-16/h5-10,14-15,18H,11-13H2,1-4H3,(H,21,22)/b10-9+/t14-,15-,18+/m0/s1. The number of carbonyl (C=O) groups is 2. The predicted molar refractivity (Wildman–Crippen MR) is 101 cm³/mol. The number of hydrogen-bond acceptors (Lipinski definition) is 7. The van der Waals surface area contributed by atoms with Crippen LogP contribution in [0.5, 0.6) is 5.75 Å². The third-order valence-corrected chi connectivity index (χ3v) is 3.73. The van der Waals surface area contributed by atoms with E-state index in [-0.39, 0.29) is 25.9 Å². The normalized spacial score (nSPS) is 14.4. The van der Waals surface area contributed by atoms with Gasteiger partial charge in [0, 0.05) is 13.2 Å². The van der Waals surface area contributed by atoms with Crippen LogP contribution in [0.25, 0.3) is 0 Å². The summed E-state index contributed by atoms with van der Waals surface area (Å²) in [5, 5.41) is 8.88. The van der Waals surface area contributed by atoms with Gasteiger partial charge in [-0.1, -0.05) is 12.1 Å². The number of aliphatic carboxylic acids is 1. The van der Waals surface area contributed by atoms with Crippen LogP contribution in [0.4, 0.5) is 0 Å². The van der Waals surface area contributed by atoms with Crippen LogP contribution in [0.15, 0.2) is 36.4 Å². The minimum absolute atomic E-state index is 0.0432.